The number of hydrogen-bond acceptors (Lipinski definition) is 3. The van der Waals surface area contributed by atoms with Crippen molar-refractivity contribution in [3.8, 4) is 12.3 Å². The fourth-order valence-electron chi connectivity index (χ4n) is 1.81. The monoisotopic (exact) mass is 195 g/mol. The lowest BCUT2D eigenvalue weighted by atomic mass is 9.86. The second-order valence-corrected chi connectivity index (χ2v) is 3.57. The van der Waals surface area contributed by atoms with Crippen molar-refractivity contribution in [2.75, 3.05) is 13.2 Å². The zero-order valence-corrected chi connectivity index (χ0v) is 8.64. The summed E-state index contributed by atoms with van der Waals surface area (Å²) in [6, 6.07) is 0. The van der Waals surface area contributed by atoms with Crippen molar-refractivity contribution in [1.82, 2.24) is 5.32 Å². The lowest BCUT2D eigenvalue weighted by molar-refractivity contribution is -0.152. The summed E-state index contributed by atoms with van der Waals surface area (Å²) in [5, 5.41) is 3.20. The Bertz CT molecular complexity index is 236. The summed E-state index contributed by atoms with van der Waals surface area (Å²) in [7, 11) is 0. The molecule has 1 unspecified atom stereocenters. The van der Waals surface area contributed by atoms with E-state index in [9.17, 15) is 4.79 Å². The molecule has 0 aliphatic carbocycles. The first-order valence-electron chi connectivity index (χ1n) is 5.11. The highest BCUT2D eigenvalue weighted by Crippen LogP contribution is 2.24. The number of piperidine rings is 1. The third-order valence-electron chi connectivity index (χ3n) is 2.56. The summed E-state index contributed by atoms with van der Waals surface area (Å²) in [5.74, 6) is 2.36. The minimum atomic E-state index is -0.608. The van der Waals surface area contributed by atoms with Gasteiger partial charge in [0.05, 0.1) is 6.61 Å². The third kappa shape index (κ3) is 2.27. The van der Waals surface area contributed by atoms with Crippen LogP contribution in [0.3, 0.4) is 0 Å². The predicted octanol–water partition coefficient (Wildman–Crippen LogP) is 1.09. The van der Waals surface area contributed by atoms with E-state index in [0.717, 1.165) is 25.8 Å². The van der Waals surface area contributed by atoms with E-state index in [1.165, 1.54) is 0 Å². The van der Waals surface area contributed by atoms with Crippen LogP contribution in [0.5, 0.6) is 0 Å². The first-order chi connectivity index (χ1) is 6.75. The quantitative estimate of drug-likeness (QED) is 0.541. The Morgan fingerprint density at radius 1 is 1.64 bits per heavy atom. The second kappa shape index (κ2) is 5.02. The van der Waals surface area contributed by atoms with Gasteiger partial charge >= 0.3 is 5.97 Å². The highest BCUT2D eigenvalue weighted by Gasteiger charge is 2.39. The van der Waals surface area contributed by atoms with Gasteiger partial charge < -0.3 is 10.1 Å². The molecule has 1 rings (SSSR count). The average Bonchev–Trinajstić information content (AvgIpc) is 2.20. The van der Waals surface area contributed by atoms with Crippen LogP contribution in [0.1, 0.15) is 32.6 Å². The van der Waals surface area contributed by atoms with Crippen molar-refractivity contribution < 1.29 is 9.53 Å². The first-order valence-corrected chi connectivity index (χ1v) is 5.11. The van der Waals surface area contributed by atoms with Gasteiger partial charge in [0, 0.05) is 6.42 Å². The van der Waals surface area contributed by atoms with Gasteiger partial charge in [0.2, 0.25) is 0 Å². The normalized spacial score (nSPS) is 26.6. The Hall–Kier alpha value is -1.01. The smallest absolute Gasteiger partial charge is 0.327 e. The Morgan fingerprint density at radius 3 is 2.93 bits per heavy atom. The Kier molecular flexibility index (Phi) is 3.97. The average molecular weight is 195 g/mol. The van der Waals surface area contributed by atoms with Crippen LogP contribution in [-0.2, 0) is 9.53 Å². The van der Waals surface area contributed by atoms with Gasteiger partial charge in [-0.3, -0.25) is 4.79 Å². The summed E-state index contributed by atoms with van der Waals surface area (Å²) in [6.07, 6.45) is 8.63. The maximum absolute atomic E-state index is 11.7. The molecule has 0 aromatic rings. The van der Waals surface area contributed by atoms with Gasteiger partial charge in [-0.2, -0.15) is 0 Å². The van der Waals surface area contributed by atoms with Crippen LogP contribution in [0.2, 0.25) is 0 Å². The Balaban J connectivity index is 2.69. The minimum absolute atomic E-state index is 0.197. The fraction of sp³-hybridized carbons (Fsp3) is 0.727. The van der Waals surface area contributed by atoms with E-state index in [1.54, 1.807) is 0 Å². The van der Waals surface area contributed by atoms with Crippen molar-refractivity contribution in [1.29, 1.82) is 0 Å². The molecule has 3 nitrogen and oxygen atoms in total. The molecule has 0 amide bonds. The molecule has 0 saturated carbocycles. The van der Waals surface area contributed by atoms with E-state index in [2.05, 4.69) is 11.2 Å². The first kappa shape index (κ1) is 11.1. The largest absolute Gasteiger partial charge is 0.465 e. The van der Waals surface area contributed by atoms with Gasteiger partial charge in [-0.05, 0) is 32.7 Å². The molecule has 1 N–H and O–H groups in total. The van der Waals surface area contributed by atoms with Crippen molar-refractivity contribution in [3.63, 3.8) is 0 Å². The van der Waals surface area contributed by atoms with Crippen molar-refractivity contribution in [2.24, 2.45) is 0 Å². The van der Waals surface area contributed by atoms with Crippen molar-refractivity contribution in [3.05, 3.63) is 0 Å². The molecule has 1 saturated heterocycles. The number of rotatable bonds is 3. The van der Waals surface area contributed by atoms with Crippen LogP contribution >= 0.6 is 0 Å². The SMILES string of the molecule is C#CCC1(C(=O)OCC)CCCCN1. The highest BCUT2D eigenvalue weighted by atomic mass is 16.5. The number of carbonyl (C=O) groups is 1. The summed E-state index contributed by atoms with van der Waals surface area (Å²) in [6.45, 7) is 3.07. The topological polar surface area (TPSA) is 38.3 Å². The van der Waals surface area contributed by atoms with Crippen LogP contribution in [0.4, 0.5) is 0 Å². The van der Waals surface area contributed by atoms with E-state index in [-0.39, 0.29) is 5.97 Å². The van der Waals surface area contributed by atoms with E-state index < -0.39 is 5.54 Å². The molecular formula is C11H17NO2. The van der Waals surface area contributed by atoms with Gasteiger partial charge in [0.1, 0.15) is 5.54 Å². The third-order valence-corrected chi connectivity index (χ3v) is 2.56. The van der Waals surface area contributed by atoms with Gasteiger partial charge in [0.15, 0.2) is 0 Å². The summed E-state index contributed by atoms with van der Waals surface area (Å²) < 4.78 is 5.04. The number of carbonyl (C=O) groups excluding carboxylic acids is 1. The molecule has 0 radical (unpaired) electrons. The molecular weight excluding hydrogens is 178 g/mol. The lowest BCUT2D eigenvalue weighted by Crippen LogP contribution is -2.55. The minimum Gasteiger partial charge on any atom is -0.465 e. The molecule has 1 fully saturated rings. The van der Waals surface area contributed by atoms with Gasteiger partial charge in [-0.25, -0.2) is 0 Å². The highest BCUT2D eigenvalue weighted by molar-refractivity contribution is 5.81. The van der Waals surface area contributed by atoms with E-state index in [0.29, 0.717) is 13.0 Å². The van der Waals surface area contributed by atoms with Crippen LogP contribution in [0, 0.1) is 12.3 Å². The van der Waals surface area contributed by atoms with Gasteiger partial charge in [-0.1, -0.05) is 0 Å². The maximum Gasteiger partial charge on any atom is 0.327 e. The van der Waals surface area contributed by atoms with Gasteiger partial charge in [-0.15, -0.1) is 12.3 Å². The molecule has 0 aromatic heterocycles. The van der Waals surface area contributed by atoms with E-state index in [1.807, 2.05) is 6.92 Å². The number of terminal acetylenes is 1. The van der Waals surface area contributed by atoms with Crippen LogP contribution in [0.25, 0.3) is 0 Å². The Labute approximate surface area is 85.2 Å². The predicted molar refractivity (Wildman–Crippen MR) is 54.7 cm³/mol. The van der Waals surface area contributed by atoms with Crippen LogP contribution in [-0.4, -0.2) is 24.7 Å². The molecule has 0 spiro atoms. The van der Waals surface area contributed by atoms with E-state index in [4.69, 9.17) is 11.2 Å². The molecule has 0 bridgehead atoms. The van der Waals surface area contributed by atoms with E-state index >= 15 is 0 Å². The van der Waals surface area contributed by atoms with Gasteiger partial charge in [0.25, 0.3) is 0 Å². The number of hydrogen-bond donors (Lipinski definition) is 1. The standard InChI is InChI=1S/C11H17NO2/c1-3-7-11(10(13)14-4-2)8-5-6-9-12-11/h1,12H,4-9H2,2H3. The molecule has 1 aliphatic rings. The Morgan fingerprint density at radius 2 is 2.43 bits per heavy atom. The molecule has 3 heteroatoms. The number of nitrogens with one attached hydrogen (secondary N) is 1. The summed E-state index contributed by atoms with van der Waals surface area (Å²) in [4.78, 5) is 11.7. The molecule has 0 aromatic carbocycles. The molecule has 78 valence electrons. The summed E-state index contributed by atoms with van der Waals surface area (Å²) in [5.41, 5.74) is -0.608. The second-order valence-electron chi connectivity index (χ2n) is 3.57. The van der Waals surface area contributed by atoms with Crippen LogP contribution < -0.4 is 5.32 Å². The zero-order chi connectivity index (χ0) is 10.4. The molecule has 14 heavy (non-hydrogen) atoms. The number of ether oxygens (including phenoxy) is 1. The maximum atomic E-state index is 11.7. The molecule has 1 aliphatic heterocycles. The zero-order valence-electron chi connectivity index (χ0n) is 8.64. The summed E-state index contributed by atoms with van der Waals surface area (Å²) >= 11 is 0. The lowest BCUT2D eigenvalue weighted by Gasteiger charge is -2.34. The molecule has 1 heterocycles. The fourth-order valence-corrected chi connectivity index (χ4v) is 1.81. The number of esters is 1. The molecule has 1 atom stereocenters. The van der Waals surface area contributed by atoms with Crippen LogP contribution in [0.15, 0.2) is 0 Å². The van der Waals surface area contributed by atoms with Crippen molar-refractivity contribution >= 4 is 5.97 Å². The van der Waals surface area contributed by atoms with Crippen molar-refractivity contribution in [2.45, 2.75) is 38.1 Å².